The number of hydrogen-bond donors (Lipinski definition) is 5. The molecular weight excluding hydrogens is 648 g/mol. The van der Waals surface area contributed by atoms with Crippen LogP contribution in [0.5, 0.6) is 0 Å². The summed E-state index contributed by atoms with van der Waals surface area (Å²) in [7, 11) is 0. The van der Waals surface area contributed by atoms with Gasteiger partial charge >= 0.3 is 11.9 Å². The molecule has 0 aromatic carbocycles. The Bertz CT molecular complexity index is 985. The van der Waals surface area contributed by atoms with Crippen molar-refractivity contribution in [2.45, 2.75) is 198 Å². The van der Waals surface area contributed by atoms with E-state index in [2.05, 4.69) is 6.92 Å². The van der Waals surface area contributed by atoms with Crippen LogP contribution >= 0.6 is 0 Å². The van der Waals surface area contributed by atoms with Gasteiger partial charge in [0.15, 0.2) is 31.1 Å². The molecule has 15 atom stereocenters. The minimum absolute atomic E-state index is 0.353. The normalized spacial score (nSPS) is 39.8. The fourth-order valence-electron chi connectivity index (χ4n) is 6.51. The van der Waals surface area contributed by atoms with E-state index < -0.39 is 104 Å². The molecule has 3 fully saturated rings. The molecule has 0 bridgehead atoms. The third-order valence-corrected chi connectivity index (χ3v) is 9.27. The summed E-state index contributed by atoms with van der Waals surface area (Å²) in [5.41, 5.74) is 0. The van der Waals surface area contributed by atoms with Gasteiger partial charge in [0.1, 0.15) is 42.7 Å². The second kappa shape index (κ2) is 20.5. The molecule has 286 valence electrons. The second-order valence-corrected chi connectivity index (χ2v) is 13.5. The Kier molecular flexibility index (Phi) is 17.6. The van der Waals surface area contributed by atoms with Gasteiger partial charge in [-0.25, -0.2) is 0 Å². The lowest BCUT2D eigenvalue weighted by atomic mass is 9.96. The van der Waals surface area contributed by atoms with Gasteiger partial charge in [0.2, 0.25) is 0 Å². The fraction of sp³-hybridized carbons (Fsp3) is 0.941. The molecule has 15 nitrogen and oxygen atoms in total. The van der Waals surface area contributed by atoms with E-state index in [0.717, 1.165) is 33.1 Å². The van der Waals surface area contributed by atoms with Crippen LogP contribution in [0.25, 0.3) is 0 Å². The highest BCUT2D eigenvalue weighted by atomic mass is 16.8. The fourth-order valence-corrected chi connectivity index (χ4v) is 6.51. The molecule has 3 heterocycles. The maximum Gasteiger partial charge on any atom is 0.303 e. The van der Waals surface area contributed by atoms with Crippen molar-refractivity contribution >= 4 is 11.9 Å². The van der Waals surface area contributed by atoms with Crippen LogP contribution in [0, 0.1) is 0 Å². The van der Waals surface area contributed by atoms with E-state index in [1.807, 2.05) is 0 Å². The monoisotopic (exact) mass is 708 g/mol. The molecular formula is C34H60O15. The highest BCUT2D eigenvalue weighted by Gasteiger charge is 2.54. The van der Waals surface area contributed by atoms with Gasteiger partial charge in [0.25, 0.3) is 0 Å². The zero-order valence-corrected chi connectivity index (χ0v) is 29.8. The second-order valence-electron chi connectivity index (χ2n) is 13.5. The molecule has 3 aliphatic heterocycles. The molecule has 3 saturated heterocycles. The van der Waals surface area contributed by atoms with Gasteiger partial charge in [0, 0.05) is 20.5 Å². The van der Waals surface area contributed by atoms with Crippen molar-refractivity contribution in [1.29, 1.82) is 0 Å². The first-order valence-corrected chi connectivity index (χ1v) is 17.9. The van der Waals surface area contributed by atoms with E-state index in [4.69, 9.17) is 37.9 Å². The number of ether oxygens (including phenoxy) is 8. The van der Waals surface area contributed by atoms with Gasteiger partial charge in [-0.05, 0) is 27.2 Å². The van der Waals surface area contributed by atoms with E-state index >= 15 is 0 Å². The number of aliphatic hydroxyl groups excluding tert-OH is 5. The number of aliphatic hydroxyl groups is 5. The molecule has 0 aliphatic carbocycles. The van der Waals surface area contributed by atoms with Gasteiger partial charge in [-0.15, -0.1) is 0 Å². The lowest BCUT2D eigenvalue weighted by molar-refractivity contribution is -0.374. The van der Waals surface area contributed by atoms with Crippen molar-refractivity contribution < 1.29 is 73.0 Å². The molecule has 15 heteroatoms. The number of unbranched alkanes of at least 4 members (excludes halogenated alkanes) is 9. The molecule has 5 N–H and O–H groups in total. The molecule has 0 saturated carbocycles. The number of carbonyl (C=O) groups excluding carboxylic acids is 2. The standard InChI is InChI=1S/C34H60O15/c1-7-8-9-10-11-12-13-14-15-16-17-42-32-25(39)23(37)29(19(3)43-32)48-34-27(41)31(30(20(4)45-34)47-22(6)36)49-33-26(40)24(38)28(18(2)44-33)46-21(5)35/h18-20,23-34,37-41H,7-17H2,1-6H3/t18-,19-,20-,23-,24-,25+,26+,27+,28-,29-,30-,31-,32+,33-,34-/m0/s1. The van der Waals surface area contributed by atoms with E-state index in [0.29, 0.717) is 6.61 Å². The van der Waals surface area contributed by atoms with Crippen LogP contribution in [0.15, 0.2) is 0 Å². The number of esters is 2. The van der Waals surface area contributed by atoms with Gasteiger partial charge in [-0.3, -0.25) is 9.59 Å². The lowest BCUT2D eigenvalue weighted by Crippen LogP contribution is -2.66. The van der Waals surface area contributed by atoms with Crippen molar-refractivity contribution in [2.75, 3.05) is 6.61 Å². The summed E-state index contributed by atoms with van der Waals surface area (Å²) in [5, 5.41) is 54.7. The Balaban J connectivity index is 1.56. The molecule has 0 spiro atoms. The largest absolute Gasteiger partial charge is 0.457 e. The SMILES string of the molecule is CCCCCCCCCCCCO[C@@H]1O[C@@H](C)[C@H](O[C@@H]2O[C@@H](C)[C@H](OC(C)=O)[C@@H](O[C@@H]3O[C@@H](C)[C@H](OC(C)=O)[C@@H](O)[C@H]3O)[C@H]2O)[C@@H](O)[C@H]1O. The van der Waals surface area contributed by atoms with Crippen LogP contribution in [-0.2, 0) is 47.5 Å². The highest BCUT2D eigenvalue weighted by Crippen LogP contribution is 2.34. The topological polar surface area (TPSA) is 209 Å². The van der Waals surface area contributed by atoms with Crippen LogP contribution in [0.1, 0.15) is 106 Å². The molecule has 49 heavy (non-hydrogen) atoms. The Morgan fingerprint density at radius 1 is 0.510 bits per heavy atom. The first kappa shape index (κ1) is 41.9. The maximum atomic E-state index is 12.0. The zero-order valence-electron chi connectivity index (χ0n) is 29.8. The average molecular weight is 709 g/mol. The summed E-state index contributed by atoms with van der Waals surface area (Å²) in [4.78, 5) is 23.4. The van der Waals surface area contributed by atoms with Gasteiger partial charge in [-0.2, -0.15) is 0 Å². The number of carbonyl (C=O) groups is 2. The van der Waals surface area contributed by atoms with E-state index in [1.165, 1.54) is 51.9 Å². The Labute approximate surface area is 289 Å². The van der Waals surface area contributed by atoms with Crippen LogP contribution in [0.3, 0.4) is 0 Å². The van der Waals surface area contributed by atoms with Crippen molar-refractivity contribution in [3.8, 4) is 0 Å². The molecule has 0 unspecified atom stereocenters. The quantitative estimate of drug-likeness (QED) is 0.101. The van der Waals surface area contributed by atoms with E-state index in [-0.39, 0.29) is 0 Å². The minimum atomic E-state index is -1.72. The molecule has 0 amide bonds. The summed E-state index contributed by atoms with van der Waals surface area (Å²) in [5.74, 6) is -1.39. The molecule has 3 rings (SSSR count). The third-order valence-electron chi connectivity index (χ3n) is 9.27. The number of hydrogen-bond acceptors (Lipinski definition) is 15. The summed E-state index contributed by atoms with van der Waals surface area (Å²) in [6, 6.07) is 0. The maximum absolute atomic E-state index is 12.0. The Morgan fingerprint density at radius 2 is 0.918 bits per heavy atom. The van der Waals surface area contributed by atoms with Crippen molar-refractivity contribution in [3.05, 3.63) is 0 Å². The first-order valence-electron chi connectivity index (χ1n) is 17.9. The average Bonchev–Trinajstić information content (AvgIpc) is 3.04. The zero-order chi connectivity index (χ0) is 36.2. The van der Waals surface area contributed by atoms with Crippen LogP contribution in [0.4, 0.5) is 0 Å². The molecule has 3 aliphatic rings. The Hall–Kier alpha value is -1.50. The Morgan fingerprint density at radius 3 is 1.49 bits per heavy atom. The summed E-state index contributed by atoms with van der Waals surface area (Å²) < 4.78 is 45.6. The summed E-state index contributed by atoms with van der Waals surface area (Å²) in [6.45, 7) is 9.55. The first-order chi connectivity index (χ1) is 23.3. The summed E-state index contributed by atoms with van der Waals surface area (Å²) >= 11 is 0. The van der Waals surface area contributed by atoms with Gasteiger partial charge in [-0.1, -0.05) is 64.7 Å². The van der Waals surface area contributed by atoms with Crippen molar-refractivity contribution in [3.63, 3.8) is 0 Å². The third kappa shape index (κ3) is 12.0. The van der Waals surface area contributed by atoms with Crippen LogP contribution < -0.4 is 0 Å². The smallest absolute Gasteiger partial charge is 0.303 e. The molecule has 0 aromatic heterocycles. The van der Waals surface area contributed by atoms with E-state index in [1.54, 1.807) is 13.8 Å². The predicted octanol–water partition coefficient (Wildman–Crippen LogP) is 1.60. The van der Waals surface area contributed by atoms with Crippen LogP contribution in [-0.4, -0.2) is 136 Å². The minimum Gasteiger partial charge on any atom is -0.457 e. The summed E-state index contributed by atoms with van der Waals surface area (Å²) in [6.07, 6.45) is -7.99. The molecule has 0 radical (unpaired) electrons. The lowest BCUT2D eigenvalue weighted by Gasteiger charge is -2.48. The van der Waals surface area contributed by atoms with Gasteiger partial charge < -0.3 is 63.4 Å². The predicted molar refractivity (Wildman–Crippen MR) is 172 cm³/mol. The van der Waals surface area contributed by atoms with Gasteiger partial charge in [0.05, 0.1) is 18.3 Å². The van der Waals surface area contributed by atoms with Crippen molar-refractivity contribution in [2.24, 2.45) is 0 Å². The van der Waals surface area contributed by atoms with Crippen molar-refractivity contribution in [1.82, 2.24) is 0 Å². The number of rotatable bonds is 18. The highest BCUT2D eigenvalue weighted by molar-refractivity contribution is 5.66. The van der Waals surface area contributed by atoms with E-state index in [9.17, 15) is 35.1 Å². The van der Waals surface area contributed by atoms with Crippen LogP contribution in [0.2, 0.25) is 0 Å². The molecule has 0 aromatic rings.